The summed E-state index contributed by atoms with van der Waals surface area (Å²) in [5.41, 5.74) is 0.692. The van der Waals surface area contributed by atoms with E-state index in [9.17, 15) is 4.79 Å². The zero-order chi connectivity index (χ0) is 15.0. The summed E-state index contributed by atoms with van der Waals surface area (Å²) in [6.45, 7) is 8.04. The second-order valence-electron chi connectivity index (χ2n) is 4.61. The number of halogens is 2. The van der Waals surface area contributed by atoms with Crippen molar-refractivity contribution in [2.45, 2.75) is 26.7 Å². The van der Waals surface area contributed by atoms with Gasteiger partial charge in [0.05, 0.1) is 6.42 Å². The molecule has 112 valence electrons. The Balaban J connectivity index is 2.34. The lowest BCUT2D eigenvalue weighted by molar-refractivity contribution is -0.120. The molecule has 1 N–H and O–H groups in total. The molecule has 1 rings (SSSR count). The van der Waals surface area contributed by atoms with E-state index in [1.807, 2.05) is 0 Å². The molecule has 0 atom stereocenters. The van der Waals surface area contributed by atoms with Crippen molar-refractivity contribution in [2.75, 3.05) is 26.2 Å². The minimum Gasteiger partial charge on any atom is -0.356 e. The van der Waals surface area contributed by atoms with E-state index in [1.165, 1.54) is 0 Å². The Bertz CT molecular complexity index is 414. The van der Waals surface area contributed by atoms with E-state index in [0.29, 0.717) is 22.2 Å². The maximum absolute atomic E-state index is 11.9. The minimum atomic E-state index is -0.0421. The first-order chi connectivity index (χ1) is 9.58. The number of hydrogen-bond acceptors (Lipinski definition) is 2. The van der Waals surface area contributed by atoms with Crippen LogP contribution in [0.1, 0.15) is 25.8 Å². The number of hydrogen-bond donors (Lipinski definition) is 1. The minimum absolute atomic E-state index is 0.0421. The van der Waals surface area contributed by atoms with Gasteiger partial charge in [0.1, 0.15) is 0 Å². The molecule has 0 fully saturated rings. The number of nitrogens with zero attached hydrogens (tertiary/aromatic N) is 1. The van der Waals surface area contributed by atoms with Gasteiger partial charge >= 0.3 is 0 Å². The van der Waals surface area contributed by atoms with Crippen LogP contribution in [-0.2, 0) is 11.2 Å². The molecule has 5 heteroatoms. The summed E-state index contributed by atoms with van der Waals surface area (Å²) >= 11 is 12.1. The third-order valence-corrected chi connectivity index (χ3v) is 3.97. The third-order valence-electron chi connectivity index (χ3n) is 3.27. The second kappa shape index (κ2) is 9.22. The Morgan fingerprint density at radius 3 is 2.35 bits per heavy atom. The molecule has 0 aliphatic heterocycles. The van der Waals surface area contributed by atoms with Crippen LogP contribution in [-0.4, -0.2) is 37.0 Å². The number of amides is 1. The summed E-state index contributed by atoms with van der Waals surface area (Å²) in [6, 6.07) is 5.27. The number of nitrogens with one attached hydrogen (secondary N) is 1. The number of rotatable bonds is 8. The van der Waals surface area contributed by atoms with Gasteiger partial charge in [0.2, 0.25) is 5.91 Å². The van der Waals surface area contributed by atoms with Crippen molar-refractivity contribution in [3.05, 3.63) is 33.8 Å². The molecule has 1 aromatic carbocycles. The zero-order valence-electron chi connectivity index (χ0n) is 12.1. The van der Waals surface area contributed by atoms with Crippen LogP contribution in [0.25, 0.3) is 0 Å². The lowest BCUT2D eigenvalue weighted by Gasteiger charge is -2.17. The summed E-state index contributed by atoms with van der Waals surface area (Å²) in [7, 11) is 0. The molecule has 0 spiro atoms. The van der Waals surface area contributed by atoms with Crippen molar-refractivity contribution in [3.8, 4) is 0 Å². The molecule has 1 amide bonds. The van der Waals surface area contributed by atoms with E-state index in [4.69, 9.17) is 23.2 Å². The molecule has 0 aromatic heterocycles. The topological polar surface area (TPSA) is 32.3 Å². The van der Waals surface area contributed by atoms with E-state index in [1.54, 1.807) is 18.2 Å². The van der Waals surface area contributed by atoms with E-state index in [0.717, 1.165) is 26.1 Å². The summed E-state index contributed by atoms with van der Waals surface area (Å²) in [4.78, 5) is 14.2. The van der Waals surface area contributed by atoms with Gasteiger partial charge in [-0.25, -0.2) is 0 Å². The first kappa shape index (κ1) is 17.3. The van der Waals surface area contributed by atoms with Crippen molar-refractivity contribution in [1.29, 1.82) is 0 Å². The first-order valence-corrected chi connectivity index (χ1v) is 7.76. The van der Waals surface area contributed by atoms with Crippen molar-refractivity contribution in [1.82, 2.24) is 10.2 Å². The predicted octanol–water partition coefficient (Wildman–Crippen LogP) is 3.38. The van der Waals surface area contributed by atoms with Crippen LogP contribution < -0.4 is 5.32 Å². The number of benzene rings is 1. The average molecular weight is 317 g/mol. The van der Waals surface area contributed by atoms with Crippen molar-refractivity contribution in [2.24, 2.45) is 0 Å². The highest BCUT2D eigenvalue weighted by molar-refractivity contribution is 6.36. The standard InChI is InChI=1S/C15H22Cl2N2O/c1-3-19(4-2)10-6-9-18-15(20)11-12-13(16)7-5-8-14(12)17/h5,7-8H,3-4,6,9-11H2,1-2H3,(H,18,20). The van der Waals surface area contributed by atoms with Crippen LogP contribution in [0.3, 0.4) is 0 Å². The fourth-order valence-electron chi connectivity index (χ4n) is 1.99. The number of carbonyl (C=O) groups is 1. The highest BCUT2D eigenvalue weighted by Gasteiger charge is 2.10. The molecule has 0 saturated carbocycles. The van der Waals surface area contributed by atoms with Crippen LogP contribution in [0, 0.1) is 0 Å². The van der Waals surface area contributed by atoms with E-state index >= 15 is 0 Å². The van der Waals surface area contributed by atoms with Crippen molar-refractivity contribution >= 4 is 29.1 Å². The molecular formula is C15H22Cl2N2O. The van der Waals surface area contributed by atoms with E-state index in [2.05, 4.69) is 24.1 Å². The molecule has 0 saturated heterocycles. The van der Waals surface area contributed by atoms with Gasteiger partial charge in [0.15, 0.2) is 0 Å². The van der Waals surface area contributed by atoms with Crippen LogP contribution in [0.5, 0.6) is 0 Å². The van der Waals surface area contributed by atoms with Gasteiger partial charge in [-0.3, -0.25) is 4.79 Å². The Morgan fingerprint density at radius 2 is 1.80 bits per heavy atom. The van der Waals surface area contributed by atoms with Gasteiger partial charge in [-0.15, -0.1) is 0 Å². The van der Waals surface area contributed by atoms with Gasteiger partial charge < -0.3 is 10.2 Å². The van der Waals surface area contributed by atoms with Gasteiger partial charge in [-0.05, 0) is 43.8 Å². The summed E-state index contributed by atoms with van der Waals surface area (Å²) in [5.74, 6) is -0.0421. The molecule has 20 heavy (non-hydrogen) atoms. The molecular weight excluding hydrogens is 295 g/mol. The smallest absolute Gasteiger partial charge is 0.224 e. The molecule has 0 unspecified atom stereocenters. The fourth-order valence-corrected chi connectivity index (χ4v) is 2.53. The van der Waals surface area contributed by atoms with Crippen LogP contribution in [0.15, 0.2) is 18.2 Å². The summed E-state index contributed by atoms with van der Waals surface area (Å²) in [6.07, 6.45) is 1.17. The van der Waals surface area contributed by atoms with Crippen molar-refractivity contribution < 1.29 is 4.79 Å². The van der Waals surface area contributed by atoms with Gasteiger partial charge in [0, 0.05) is 16.6 Å². The highest BCUT2D eigenvalue weighted by atomic mass is 35.5. The third kappa shape index (κ3) is 5.70. The van der Waals surface area contributed by atoms with E-state index < -0.39 is 0 Å². The van der Waals surface area contributed by atoms with Gasteiger partial charge in [-0.1, -0.05) is 43.1 Å². The quantitative estimate of drug-likeness (QED) is 0.746. The SMILES string of the molecule is CCN(CC)CCCNC(=O)Cc1c(Cl)cccc1Cl. The summed E-state index contributed by atoms with van der Waals surface area (Å²) in [5, 5.41) is 3.98. The Kier molecular flexibility index (Phi) is 7.97. The molecule has 0 bridgehead atoms. The largest absolute Gasteiger partial charge is 0.356 e. The maximum Gasteiger partial charge on any atom is 0.224 e. The highest BCUT2D eigenvalue weighted by Crippen LogP contribution is 2.24. The zero-order valence-corrected chi connectivity index (χ0v) is 13.6. The first-order valence-electron chi connectivity index (χ1n) is 7.00. The van der Waals surface area contributed by atoms with Crippen LogP contribution >= 0.6 is 23.2 Å². The molecule has 3 nitrogen and oxygen atoms in total. The molecule has 0 aliphatic carbocycles. The maximum atomic E-state index is 11.9. The normalized spacial score (nSPS) is 10.8. The molecule has 0 radical (unpaired) electrons. The summed E-state index contributed by atoms with van der Waals surface area (Å²) < 4.78 is 0. The Morgan fingerprint density at radius 1 is 1.20 bits per heavy atom. The van der Waals surface area contributed by atoms with Gasteiger partial charge in [0.25, 0.3) is 0 Å². The van der Waals surface area contributed by atoms with Gasteiger partial charge in [-0.2, -0.15) is 0 Å². The van der Waals surface area contributed by atoms with E-state index in [-0.39, 0.29) is 12.3 Å². The van der Waals surface area contributed by atoms with Crippen LogP contribution in [0.2, 0.25) is 10.0 Å². The predicted molar refractivity (Wildman–Crippen MR) is 85.6 cm³/mol. The molecule has 0 aliphatic rings. The second-order valence-corrected chi connectivity index (χ2v) is 5.42. The molecule has 0 heterocycles. The Labute approximate surface area is 131 Å². The van der Waals surface area contributed by atoms with Crippen LogP contribution in [0.4, 0.5) is 0 Å². The number of carbonyl (C=O) groups excluding carboxylic acids is 1. The fraction of sp³-hybridized carbons (Fsp3) is 0.533. The monoisotopic (exact) mass is 316 g/mol. The lowest BCUT2D eigenvalue weighted by atomic mass is 10.1. The Hall–Kier alpha value is -0.770. The van der Waals surface area contributed by atoms with Crippen molar-refractivity contribution in [3.63, 3.8) is 0 Å². The molecule has 1 aromatic rings. The average Bonchev–Trinajstić information content (AvgIpc) is 2.43. The lowest BCUT2D eigenvalue weighted by Crippen LogP contribution is -2.30.